The summed E-state index contributed by atoms with van der Waals surface area (Å²) in [7, 11) is -2.16. The number of sulfonamides is 1. The van der Waals surface area contributed by atoms with Gasteiger partial charge in [-0.05, 0) is 49.4 Å². The van der Waals surface area contributed by atoms with Crippen LogP contribution in [0.1, 0.15) is 21.5 Å². The Hall–Kier alpha value is -3.32. The lowest BCUT2D eigenvalue weighted by atomic mass is 10.2. The van der Waals surface area contributed by atoms with Crippen molar-refractivity contribution in [3.63, 3.8) is 0 Å². The summed E-state index contributed by atoms with van der Waals surface area (Å²) in [6.45, 7) is 2.23. The van der Waals surface area contributed by atoms with Crippen LogP contribution in [0.3, 0.4) is 0 Å². The van der Waals surface area contributed by atoms with Crippen LogP contribution in [-0.4, -0.2) is 21.4 Å². The predicted octanol–water partition coefficient (Wildman–Crippen LogP) is 3.73. The van der Waals surface area contributed by atoms with Gasteiger partial charge in [0, 0.05) is 23.4 Å². The van der Waals surface area contributed by atoms with Crippen LogP contribution in [0.4, 0.5) is 5.69 Å². The molecule has 3 aromatic rings. The first-order chi connectivity index (χ1) is 13.9. The number of ether oxygens (including phenoxy) is 1. The average molecular weight is 410 g/mol. The lowest BCUT2D eigenvalue weighted by Crippen LogP contribution is -2.23. The first-order valence-electron chi connectivity index (χ1n) is 8.99. The highest BCUT2D eigenvalue weighted by atomic mass is 32.2. The number of rotatable bonds is 7. The molecule has 0 atom stereocenters. The Labute approximate surface area is 170 Å². The molecule has 0 fully saturated rings. The van der Waals surface area contributed by atoms with Gasteiger partial charge in [-0.2, -0.15) is 0 Å². The molecule has 0 spiro atoms. The molecular formula is C22H22N2O4S. The SMILES string of the molecule is COc1ccccc1CNC(=O)c1ccc(S(=O)(=O)Nc2ccc(C)cc2)cc1. The maximum Gasteiger partial charge on any atom is 0.261 e. The Bertz CT molecular complexity index is 1090. The van der Waals surface area contributed by atoms with Crippen molar-refractivity contribution >= 4 is 21.6 Å². The van der Waals surface area contributed by atoms with Crippen molar-refractivity contribution in [3.05, 3.63) is 89.5 Å². The lowest BCUT2D eigenvalue weighted by molar-refractivity contribution is 0.0950. The van der Waals surface area contributed by atoms with Gasteiger partial charge in [0.2, 0.25) is 0 Å². The van der Waals surface area contributed by atoms with Crippen LogP contribution < -0.4 is 14.8 Å². The van der Waals surface area contributed by atoms with Crippen molar-refractivity contribution in [1.29, 1.82) is 0 Å². The van der Waals surface area contributed by atoms with E-state index in [0.717, 1.165) is 11.1 Å². The maximum atomic E-state index is 12.5. The third kappa shape index (κ3) is 5.14. The fourth-order valence-electron chi connectivity index (χ4n) is 2.75. The van der Waals surface area contributed by atoms with Gasteiger partial charge in [-0.1, -0.05) is 35.9 Å². The summed E-state index contributed by atoms with van der Waals surface area (Å²) in [5.41, 5.74) is 2.74. The van der Waals surface area contributed by atoms with Gasteiger partial charge in [0.05, 0.1) is 12.0 Å². The number of nitrogens with one attached hydrogen (secondary N) is 2. The number of carbonyl (C=O) groups excluding carboxylic acids is 1. The van der Waals surface area contributed by atoms with E-state index < -0.39 is 10.0 Å². The highest BCUT2D eigenvalue weighted by molar-refractivity contribution is 7.92. The maximum absolute atomic E-state index is 12.5. The van der Waals surface area contributed by atoms with E-state index in [0.29, 0.717) is 23.5 Å². The molecule has 0 saturated heterocycles. The van der Waals surface area contributed by atoms with Gasteiger partial charge >= 0.3 is 0 Å². The standard InChI is InChI=1S/C22H22N2O4S/c1-16-7-11-19(12-8-16)24-29(26,27)20-13-9-17(10-14-20)22(25)23-15-18-5-3-4-6-21(18)28-2/h3-14,24H,15H2,1-2H3,(H,23,25). The Kier molecular flexibility index (Phi) is 6.19. The minimum Gasteiger partial charge on any atom is -0.496 e. The van der Waals surface area contributed by atoms with Crippen LogP contribution in [-0.2, 0) is 16.6 Å². The number of methoxy groups -OCH3 is 1. The number of hydrogen-bond acceptors (Lipinski definition) is 4. The van der Waals surface area contributed by atoms with E-state index in [-0.39, 0.29) is 10.8 Å². The molecule has 150 valence electrons. The van der Waals surface area contributed by atoms with Crippen LogP contribution in [0.2, 0.25) is 0 Å². The van der Waals surface area contributed by atoms with Gasteiger partial charge in [0.25, 0.3) is 15.9 Å². The van der Waals surface area contributed by atoms with Gasteiger partial charge in [-0.3, -0.25) is 9.52 Å². The monoisotopic (exact) mass is 410 g/mol. The minimum absolute atomic E-state index is 0.0827. The van der Waals surface area contributed by atoms with Crippen molar-refractivity contribution < 1.29 is 17.9 Å². The number of aryl methyl sites for hydroxylation is 1. The molecule has 0 aliphatic heterocycles. The predicted molar refractivity (Wildman–Crippen MR) is 113 cm³/mol. The van der Waals surface area contributed by atoms with Gasteiger partial charge in [0.1, 0.15) is 5.75 Å². The fraction of sp³-hybridized carbons (Fsp3) is 0.136. The van der Waals surface area contributed by atoms with Crippen LogP contribution in [0.15, 0.2) is 77.7 Å². The molecule has 0 aliphatic rings. The van der Waals surface area contributed by atoms with E-state index in [4.69, 9.17) is 4.74 Å². The van der Waals surface area contributed by atoms with Crippen molar-refractivity contribution in [2.24, 2.45) is 0 Å². The van der Waals surface area contributed by atoms with E-state index in [2.05, 4.69) is 10.0 Å². The second-order valence-corrected chi connectivity index (χ2v) is 8.17. The minimum atomic E-state index is -3.73. The fourth-order valence-corrected chi connectivity index (χ4v) is 3.81. The molecule has 0 bridgehead atoms. The molecule has 6 nitrogen and oxygen atoms in total. The largest absolute Gasteiger partial charge is 0.496 e. The second kappa shape index (κ2) is 8.79. The van der Waals surface area contributed by atoms with E-state index in [1.807, 2.05) is 43.3 Å². The topological polar surface area (TPSA) is 84.5 Å². The Morgan fingerprint density at radius 3 is 2.24 bits per heavy atom. The average Bonchev–Trinajstić information content (AvgIpc) is 2.74. The first-order valence-corrected chi connectivity index (χ1v) is 10.5. The van der Waals surface area contributed by atoms with E-state index in [1.54, 1.807) is 19.2 Å². The van der Waals surface area contributed by atoms with Gasteiger partial charge in [-0.15, -0.1) is 0 Å². The quantitative estimate of drug-likeness (QED) is 0.622. The molecule has 3 rings (SSSR count). The van der Waals surface area contributed by atoms with Gasteiger partial charge in [0.15, 0.2) is 0 Å². The van der Waals surface area contributed by atoms with Crippen molar-refractivity contribution in [2.75, 3.05) is 11.8 Å². The molecule has 29 heavy (non-hydrogen) atoms. The third-order valence-electron chi connectivity index (χ3n) is 4.36. The Balaban J connectivity index is 1.67. The summed E-state index contributed by atoms with van der Waals surface area (Å²) in [6, 6.07) is 20.3. The summed E-state index contributed by atoms with van der Waals surface area (Å²) < 4.78 is 32.8. The molecule has 0 heterocycles. The summed E-state index contributed by atoms with van der Waals surface area (Å²) in [4.78, 5) is 12.5. The van der Waals surface area contributed by atoms with E-state index >= 15 is 0 Å². The molecule has 0 aliphatic carbocycles. The molecule has 0 aromatic heterocycles. The zero-order valence-corrected chi connectivity index (χ0v) is 17.0. The number of anilines is 1. The summed E-state index contributed by atoms with van der Waals surface area (Å²) in [6.07, 6.45) is 0. The smallest absolute Gasteiger partial charge is 0.261 e. The zero-order chi connectivity index (χ0) is 20.9. The van der Waals surface area contributed by atoms with Gasteiger partial charge in [-0.25, -0.2) is 8.42 Å². The molecule has 7 heteroatoms. The summed E-state index contributed by atoms with van der Waals surface area (Å²) in [5.74, 6) is 0.391. The molecule has 0 unspecified atom stereocenters. The lowest BCUT2D eigenvalue weighted by Gasteiger charge is -2.11. The molecule has 0 radical (unpaired) electrons. The number of benzene rings is 3. The highest BCUT2D eigenvalue weighted by Gasteiger charge is 2.15. The molecule has 3 aromatic carbocycles. The third-order valence-corrected chi connectivity index (χ3v) is 5.76. The van der Waals surface area contributed by atoms with Crippen molar-refractivity contribution in [2.45, 2.75) is 18.4 Å². The number of carbonyl (C=O) groups is 1. The van der Waals surface area contributed by atoms with Crippen LogP contribution in [0, 0.1) is 6.92 Å². The van der Waals surface area contributed by atoms with Crippen molar-refractivity contribution in [3.8, 4) is 5.75 Å². The molecular weight excluding hydrogens is 388 g/mol. The van der Waals surface area contributed by atoms with Crippen LogP contribution >= 0.6 is 0 Å². The molecule has 2 N–H and O–H groups in total. The van der Waals surface area contributed by atoms with Crippen LogP contribution in [0.5, 0.6) is 5.75 Å². The summed E-state index contributed by atoms with van der Waals surface area (Å²) in [5, 5.41) is 2.81. The number of hydrogen-bond donors (Lipinski definition) is 2. The first kappa shape index (κ1) is 20.4. The Morgan fingerprint density at radius 2 is 1.59 bits per heavy atom. The van der Waals surface area contributed by atoms with Crippen molar-refractivity contribution in [1.82, 2.24) is 5.32 Å². The number of amides is 1. The molecule has 1 amide bonds. The number of para-hydroxylation sites is 1. The van der Waals surface area contributed by atoms with E-state index in [1.165, 1.54) is 24.3 Å². The van der Waals surface area contributed by atoms with Crippen LogP contribution in [0.25, 0.3) is 0 Å². The zero-order valence-electron chi connectivity index (χ0n) is 16.2. The van der Waals surface area contributed by atoms with Gasteiger partial charge < -0.3 is 10.1 Å². The Morgan fingerprint density at radius 1 is 0.931 bits per heavy atom. The summed E-state index contributed by atoms with van der Waals surface area (Å²) >= 11 is 0. The van der Waals surface area contributed by atoms with E-state index in [9.17, 15) is 13.2 Å². The normalized spacial score (nSPS) is 11.0. The molecule has 0 saturated carbocycles. The highest BCUT2D eigenvalue weighted by Crippen LogP contribution is 2.19. The second-order valence-electron chi connectivity index (χ2n) is 6.49.